The molecule has 0 radical (unpaired) electrons. The van der Waals surface area contributed by atoms with Crippen LogP contribution in [0.1, 0.15) is 26.2 Å². The topological polar surface area (TPSA) is 61.0 Å². The number of aromatic nitrogens is 2. The average molecular weight is 250 g/mol. The lowest BCUT2D eigenvalue weighted by Crippen LogP contribution is -2.39. The van der Waals surface area contributed by atoms with Crippen LogP contribution in [0.15, 0.2) is 17.2 Å². The van der Waals surface area contributed by atoms with Gasteiger partial charge >= 0.3 is 0 Å². The number of aromatic amines is 1. The number of hydrogen-bond donors (Lipinski definition) is 2. The lowest BCUT2D eigenvalue weighted by atomic mass is 9.99. The van der Waals surface area contributed by atoms with E-state index in [9.17, 15) is 4.79 Å². The highest BCUT2D eigenvalue weighted by Gasteiger charge is 2.17. The zero-order valence-electron chi connectivity index (χ0n) is 11.0. The van der Waals surface area contributed by atoms with Crippen LogP contribution in [0.4, 0.5) is 5.82 Å². The van der Waals surface area contributed by atoms with Gasteiger partial charge in [-0.05, 0) is 38.3 Å². The van der Waals surface area contributed by atoms with Gasteiger partial charge in [0.05, 0.1) is 6.33 Å². The van der Waals surface area contributed by atoms with Gasteiger partial charge in [-0.2, -0.15) is 0 Å². The average Bonchev–Trinajstić information content (AvgIpc) is 2.39. The monoisotopic (exact) mass is 250 g/mol. The van der Waals surface area contributed by atoms with Crippen LogP contribution in [-0.2, 0) is 0 Å². The molecule has 100 valence electrons. The van der Waals surface area contributed by atoms with E-state index in [4.69, 9.17) is 0 Å². The van der Waals surface area contributed by atoms with Crippen molar-refractivity contribution in [2.75, 3.05) is 31.1 Å². The van der Waals surface area contributed by atoms with Crippen molar-refractivity contribution in [3.05, 3.63) is 22.7 Å². The maximum Gasteiger partial charge on any atom is 0.252 e. The van der Waals surface area contributed by atoms with Gasteiger partial charge in [-0.1, -0.05) is 6.92 Å². The quantitative estimate of drug-likeness (QED) is 0.818. The molecule has 0 saturated carbocycles. The molecule has 0 aliphatic carbocycles. The molecule has 1 aliphatic rings. The Bertz CT molecular complexity index is 411. The largest absolute Gasteiger partial charge is 0.356 e. The second kappa shape index (κ2) is 6.54. The molecule has 1 aromatic rings. The first-order chi connectivity index (χ1) is 8.79. The number of nitrogens with one attached hydrogen (secondary N) is 2. The van der Waals surface area contributed by atoms with E-state index in [1.54, 1.807) is 6.07 Å². The second-order valence-corrected chi connectivity index (χ2v) is 4.93. The number of H-pyrrole nitrogens is 1. The summed E-state index contributed by atoms with van der Waals surface area (Å²) in [6.07, 6.45) is 5.05. The Morgan fingerprint density at radius 2 is 2.44 bits per heavy atom. The van der Waals surface area contributed by atoms with Gasteiger partial charge in [0.25, 0.3) is 5.56 Å². The minimum atomic E-state index is -0.0807. The third-order valence-electron chi connectivity index (χ3n) is 3.36. The minimum Gasteiger partial charge on any atom is -0.356 e. The Kier molecular flexibility index (Phi) is 4.75. The predicted molar refractivity (Wildman–Crippen MR) is 73.0 cm³/mol. The van der Waals surface area contributed by atoms with E-state index in [1.807, 2.05) is 0 Å². The number of hydrogen-bond acceptors (Lipinski definition) is 4. The summed E-state index contributed by atoms with van der Waals surface area (Å²) in [7, 11) is 0. The fraction of sp³-hybridized carbons (Fsp3) is 0.692. The standard InChI is InChI=1S/C13H22N4O/c1-2-6-17(9-11-4-3-5-14-8-11)12-7-13(18)16-10-15-12/h7,10-11,14H,2-6,8-9H2,1H3,(H,15,16,18). The maximum absolute atomic E-state index is 11.4. The molecular weight excluding hydrogens is 228 g/mol. The van der Waals surface area contributed by atoms with Crippen molar-refractivity contribution in [3.8, 4) is 0 Å². The first kappa shape index (κ1) is 13.1. The summed E-state index contributed by atoms with van der Waals surface area (Å²) in [4.78, 5) is 20.4. The summed E-state index contributed by atoms with van der Waals surface area (Å²) < 4.78 is 0. The Balaban J connectivity index is 2.04. The summed E-state index contributed by atoms with van der Waals surface area (Å²) in [5.74, 6) is 1.46. The van der Waals surface area contributed by atoms with Gasteiger partial charge < -0.3 is 15.2 Å². The molecule has 1 aliphatic heterocycles. The second-order valence-electron chi connectivity index (χ2n) is 4.93. The van der Waals surface area contributed by atoms with E-state index >= 15 is 0 Å². The van der Waals surface area contributed by atoms with Crippen molar-refractivity contribution in [2.24, 2.45) is 5.92 Å². The molecule has 1 fully saturated rings. The van der Waals surface area contributed by atoms with Crippen LogP contribution in [-0.4, -0.2) is 36.1 Å². The SMILES string of the molecule is CCCN(CC1CCCNC1)c1cc(=O)[nH]cn1. The van der Waals surface area contributed by atoms with Gasteiger partial charge in [0.1, 0.15) is 5.82 Å². The van der Waals surface area contributed by atoms with Crippen molar-refractivity contribution in [1.82, 2.24) is 15.3 Å². The molecule has 0 amide bonds. The highest BCUT2D eigenvalue weighted by atomic mass is 16.1. The maximum atomic E-state index is 11.4. The zero-order valence-corrected chi connectivity index (χ0v) is 11.0. The molecule has 0 spiro atoms. The molecule has 1 unspecified atom stereocenters. The Labute approximate surface area is 108 Å². The molecule has 5 nitrogen and oxygen atoms in total. The molecule has 0 aromatic carbocycles. The summed E-state index contributed by atoms with van der Waals surface area (Å²) in [5.41, 5.74) is -0.0807. The normalized spacial score (nSPS) is 19.7. The zero-order chi connectivity index (χ0) is 12.8. The molecule has 18 heavy (non-hydrogen) atoms. The summed E-state index contributed by atoms with van der Waals surface area (Å²) in [6.45, 7) is 6.29. The molecule has 2 N–H and O–H groups in total. The van der Waals surface area contributed by atoms with Crippen molar-refractivity contribution in [2.45, 2.75) is 26.2 Å². The summed E-state index contributed by atoms with van der Waals surface area (Å²) >= 11 is 0. The molecule has 1 saturated heterocycles. The fourth-order valence-corrected chi connectivity index (χ4v) is 2.49. The predicted octanol–water partition coefficient (Wildman–Crippen LogP) is 0.986. The molecule has 1 atom stereocenters. The van der Waals surface area contributed by atoms with Gasteiger partial charge in [0.2, 0.25) is 0 Å². The fourth-order valence-electron chi connectivity index (χ4n) is 2.49. The molecule has 2 rings (SSSR count). The van der Waals surface area contributed by atoms with E-state index < -0.39 is 0 Å². The van der Waals surface area contributed by atoms with Crippen molar-refractivity contribution in [1.29, 1.82) is 0 Å². The van der Waals surface area contributed by atoms with Gasteiger partial charge in [0.15, 0.2) is 0 Å². The Hall–Kier alpha value is -1.36. The van der Waals surface area contributed by atoms with Crippen LogP contribution in [0, 0.1) is 5.92 Å². The van der Waals surface area contributed by atoms with Crippen molar-refractivity contribution < 1.29 is 0 Å². The van der Waals surface area contributed by atoms with E-state index in [0.717, 1.165) is 38.4 Å². The first-order valence-corrected chi connectivity index (χ1v) is 6.80. The third-order valence-corrected chi connectivity index (χ3v) is 3.36. The lowest BCUT2D eigenvalue weighted by molar-refractivity contribution is 0.376. The smallest absolute Gasteiger partial charge is 0.252 e. The van der Waals surface area contributed by atoms with Crippen LogP contribution in [0.5, 0.6) is 0 Å². The van der Waals surface area contributed by atoms with Crippen LogP contribution >= 0.6 is 0 Å². The van der Waals surface area contributed by atoms with Crippen LogP contribution in [0.3, 0.4) is 0 Å². The van der Waals surface area contributed by atoms with E-state index in [-0.39, 0.29) is 5.56 Å². The molecule has 0 bridgehead atoms. The van der Waals surface area contributed by atoms with E-state index in [2.05, 4.69) is 27.1 Å². The lowest BCUT2D eigenvalue weighted by Gasteiger charge is -2.30. The van der Waals surface area contributed by atoms with Crippen molar-refractivity contribution >= 4 is 5.82 Å². The van der Waals surface area contributed by atoms with Crippen LogP contribution in [0.2, 0.25) is 0 Å². The number of nitrogens with zero attached hydrogens (tertiary/aromatic N) is 2. The van der Waals surface area contributed by atoms with E-state index in [1.165, 1.54) is 19.2 Å². The molecular formula is C13H22N4O. The minimum absolute atomic E-state index is 0.0807. The third kappa shape index (κ3) is 3.57. The van der Waals surface area contributed by atoms with Gasteiger partial charge in [-0.25, -0.2) is 4.98 Å². The number of rotatable bonds is 5. The molecule has 5 heteroatoms. The van der Waals surface area contributed by atoms with Gasteiger partial charge in [-0.3, -0.25) is 4.79 Å². The Morgan fingerprint density at radius 1 is 1.56 bits per heavy atom. The number of anilines is 1. The Morgan fingerprint density at radius 3 is 3.11 bits per heavy atom. The first-order valence-electron chi connectivity index (χ1n) is 6.80. The van der Waals surface area contributed by atoms with Crippen LogP contribution < -0.4 is 15.8 Å². The molecule has 2 heterocycles. The molecule has 1 aromatic heterocycles. The highest BCUT2D eigenvalue weighted by molar-refractivity contribution is 5.36. The van der Waals surface area contributed by atoms with Crippen molar-refractivity contribution in [3.63, 3.8) is 0 Å². The van der Waals surface area contributed by atoms with Gasteiger partial charge in [-0.15, -0.1) is 0 Å². The summed E-state index contributed by atoms with van der Waals surface area (Å²) in [5, 5.41) is 3.43. The number of piperidine rings is 1. The van der Waals surface area contributed by atoms with Gasteiger partial charge in [0, 0.05) is 19.2 Å². The highest BCUT2D eigenvalue weighted by Crippen LogP contribution is 2.15. The summed E-state index contributed by atoms with van der Waals surface area (Å²) in [6, 6.07) is 1.59. The van der Waals surface area contributed by atoms with Crippen LogP contribution in [0.25, 0.3) is 0 Å². The van der Waals surface area contributed by atoms with E-state index in [0.29, 0.717) is 5.92 Å².